The van der Waals surface area contributed by atoms with Crippen molar-refractivity contribution in [1.29, 1.82) is 0 Å². The number of rotatable bonds is 2. The lowest BCUT2D eigenvalue weighted by Gasteiger charge is -2.38. The van der Waals surface area contributed by atoms with Crippen LogP contribution in [0.3, 0.4) is 0 Å². The number of carbonyl (C=O) groups excluding carboxylic acids is 1. The average molecular weight is 183 g/mol. The molecule has 2 atom stereocenters. The summed E-state index contributed by atoms with van der Waals surface area (Å²) in [5.74, 6) is 1.15. The van der Waals surface area contributed by atoms with E-state index in [1.54, 1.807) is 0 Å². The first-order valence-electron chi connectivity index (χ1n) is 5.04. The Morgan fingerprint density at radius 2 is 1.92 bits per heavy atom. The van der Waals surface area contributed by atoms with Crippen molar-refractivity contribution in [3.63, 3.8) is 0 Å². The number of aliphatic hydroxyl groups is 1. The molecule has 0 heterocycles. The SMILES string of the molecule is C[C@H]1C[C@@H]1C(=O)N(C)C1CC(O)C1. The van der Waals surface area contributed by atoms with Crippen molar-refractivity contribution in [3.8, 4) is 0 Å². The first-order valence-corrected chi connectivity index (χ1v) is 5.04. The van der Waals surface area contributed by atoms with Crippen molar-refractivity contribution in [2.75, 3.05) is 7.05 Å². The molecule has 2 rings (SSSR count). The number of carbonyl (C=O) groups is 1. The van der Waals surface area contributed by atoms with Gasteiger partial charge in [0, 0.05) is 19.0 Å². The van der Waals surface area contributed by atoms with Crippen LogP contribution in [0.4, 0.5) is 0 Å². The lowest BCUT2D eigenvalue weighted by atomic mass is 9.88. The van der Waals surface area contributed by atoms with E-state index >= 15 is 0 Å². The van der Waals surface area contributed by atoms with Crippen LogP contribution in [-0.4, -0.2) is 35.1 Å². The van der Waals surface area contributed by atoms with Crippen LogP contribution in [0, 0.1) is 11.8 Å². The normalized spacial score (nSPS) is 42.4. The van der Waals surface area contributed by atoms with Crippen LogP contribution < -0.4 is 0 Å². The van der Waals surface area contributed by atoms with Gasteiger partial charge in [-0.3, -0.25) is 4.79 Å². The number of nitrogens with zero attached hydrogens (tertiary/aromatic N) is 1. The van der Waals surface area contributed by atoms with Crippen molar-refractivity contribution in [1.82, 2.24) is 4.90 Å². The van der Waals surface area contributed by atoms with Gasteiger partial charge in [-0.25, -0.2) is 0 Å². The van der Waals surface area contributed by atoms with E-state index in [1.165, 1.54) is 0 Å². The Morgan fingerprint density at radius 1 is 1.38 bits per heavy atom. The Morgan fingerprint density at radius 3 is 2.31 bits per heavy atom. The molecular formula is C10H17NO2. The minimum absolute atomic E-state index is 0.170. The molecular weight excluding hydrogens is 166 g/mol. The van der Waals surface area contributed by atoms with Gasteiger partial charge in [0.2, 0.25) is 5.91 Å². The van der Waals surface area contributed by atoms with Gasteiger partial charge in [0.05, 0.1) is 6.10 Å². The quantitative estimate of drug-likeness (QED) is 0.682. The molecule has 13 heavy (non-hydrogen) atoms. The van der Waals surface area contributed by atoms with E-state index in [1.807, 2.05) is 11.9 Å². The topological polar surface area (TPSA) is 40.5 Å². The number of hydrogen-bond donors (Lipinski definition) is 1. The second kappa shape index (κ2) is 2.98. The van der Waals surface area contributed by atoms with Crippen LogP contribution in [0.25, 0.3) is 0 Å². The molecule has 0 saturated heterocycles. The van der Waals surface area contributed by atoms with E-state index < -0.39 is 0 Å². The third-order valence-electron chi connectivity index (χ3n) is 3.41. The largest absolute Gasteiger partial charge is 0.393 e. The summed E-state index contributed by atoms with van der Waals surface area (Å²) in [6, 6.07) is 0.301. The van der Waals surface area contributed by atoms with Crippen molar-refractivity contribution in [3.05, 3.63) is 0 Å². The highest BCUT2D eigenvalue weighted by Crippen LogP contribution is 2.40. The van der Waals surface area contributed by atoms with E-state index in [9.17, 15) is 4.79 Å². The first-order chi connectivity index (χ1) is 6.09. The van der Waals surface area contributed by atoms with Gasteiger partial charge in [0.1, 0.15) is 0 Å². The minimum atomic E-state index is -0.170. The second-order valence-corrected chi connectivity index (χ2v) is 4.55. The van der Waals surface area contributed by atoms with Gasteiger partial charge >= 0.3 is 0 Å². The van der Waals surface area contributed by atoms with Gasteiger partial charge in [-0.15, -0.1) is 0 Å². The highest BCUT2D eigenvalue weighted by atomic mass is 16.3. The van der Waals surface area contributed by atoms with Crippen LogP contribution in [0.15, 0.2) is 0 Å². The molecule has 1 N–H and O–H groups in total. The molecule has 0 aromatic rings. The van der Waals surface area contributed by atoms with E-state index in [4.69, 9.17) is 5.11 Å². The van der Waals surface area contributed by atoms with E-state index in [2.05, 4.69) is 6.92 Å². The Bertz CT molecular complexity index is 223. The lowest BCUT2D eigenvalue weighted by molar-refractivity contribution is -0.137. The molecule has 3 heteroatoms. The summed E-state index contributed by atoms with van der Waals surface area (Å²) in [7, 11) is 1.86. The van der Waals surface area contributed by atoms with Crippen molar-refractivity contribution in [2.24, 2.45) is 11.8 Å². The van der Waals surface area contributed by atoms with E-state index in [-0.39, 0.29) is 17.9 Å². The molecule has 0 aliphatic heterocycles. The predicted octanol–water partition coefficient (Wildman–Crippen LogP) is 0.624. The van der Waals surface area contributed by atoms with Gasteiger partial charge in [0.15, 0.2) is 0 Å². The van der Waals surface area contributed by atoms with Gasteiger partial charge in [0.25, 0.3) is 0 Å². The smallest absolute Gasteiger partial charge is 0.225 e. The molecule has 74 valence electrons. The first kappa shape index (κ1) is 9.00. The molecule has 0 aromatic carbocycles. The van der Waals surface area contributed by atoms with Crippen molar-refractivity contribution in [2.45, 2.75) is 38.3 Å². The molecule has 2 saturated carbocycles. The standard InChI is InChI=1S/C10H17NO2/c1-6-3-9(6)10(13)11(2)7-4-8(12)5-7/h6-9,12H,3-5H2,1-2H3/t6-,7?,8?,9-/m0/s1. The van der Waals surface area contributed by atoms with Crippen LogP contribution in [0.2, 0.25) is 0 Å². The van der Waals surface area contributed by atoms with Crippen LogP contribution >= 0.6 is 0 Å². The van der Waals surface area contributed by atoms with E-state index in [0.717, 1.165) is 19.3 Å². The number of amides is 1. The maximum absolute atomic E-state index is 11.7. The number of aliphatic hydroxyl groups excluding tert-OH is 1. The second-order valence-electron chi connectivity index (χ2n) is 4.55. The average Bonchev–Trinajstić information content (AvgIpc) is 2.74. The summed E-state index contributed by atoms with van der Waals surface area (Å²) in [6.07, 6.45) is 2.42. The van der Waals surface area contributed by atoms with Gasteiger partial charge in [-0.2, -0.15) is 0 Å². The summed E-state index contributed by atoms with van der Waals surface area (Å²) in [4.78, 5) is 13.5. The Balaban J connectivity index is 1.83. The summed E-state index contributed by atoms with van der Waals surface area (Å²) in [6.45, 7) is 2.12. The summed E-state index contributed by atoms with van der Waals surface area (Å²) >= 11 is 0. The summed E-state index contributed by atoms with van der Waals surface area (Å²) in [5, 5.41) is 9.12. The van der Waals surface area contributed by atoms with Crippen LogP contribution in [0.1, 0.15) is 26.2 Å². The maximum atomic E-state index is 11.7. The zero-order valence-electron chi connectivity index (χ0n) is 8.23. The molecule has 0 radical (unpaired) electrons. The fourth-order valence-electron chi connectivity index (χ4n) is 1.98. The van der Waals surface area contributed by atoms with Crippen LogP contribution in [0.5, 0.6) is 0 Å². The maximum Gasteiger partial charge on any atom is 0.225 e. The van der Waals surface area contributed by atoms with E-state index in [0.29, 0.717) is 12.0 Å². The molecule has 2 fully saturated rings. The molecule has 3 nitrogen and oxygen atoms in total. The molecule has 2 aliphatic rings. The molecule has 2 aliphatic carbocycles. The lowest BCUT2D eigenvalue weighted by Crippen LogP contribution is -2.48. The summed E-state index contributed by atoms with van der Waals surface area (Å²) < 4.78 is 0. The molecule has 0 bridgehead atoms. The highest BCUT2D eigenvalue weighted by Gasteiger charge is 2.43. The van der Waals surface area contributed by atoms with Crippen molar-refractivity contribution < 1.29 is 9.90 Å². The Kier molecular flexibility index (Phi) is 2.06. The van der Waals surface area contributed by atoms with Gasteiger partial charge < -0.3 is 10.0 Å². The molecule has 1 amide bonds. The Hall–Kier alpha value is -0.570. The Labute approximate surface area is 78.7 Å². The fraction of sp³-hybridized carbons (Fsp3) is 0.900. The zero-order chi connectivity index (χ0) is 9.59. The van der Waals surface area contributed by atoms with Gasteiger partial charge in [-0.1, -0.05) is 6.92 Å². The summed E-state index contributed by atoms with van der Waals surface area (Å²) in [5.41, 5.74) is 0. The predicted molar refractivity (Wildman–Crippen MR) is 49.1 cm³/mol. The van der Waals surface area contributed by atoms with Crippen LogP contribution in [-0.2, 0) is 4.79 Å². The fourth-order valence-corrected chi connectivity index (χ4v) is 1.98. The molecule has 0 unspecified atom stereocenters. The highest BCUT2D eigenvalue weighted by molar-refractivity contribution is 5.81. The van der Waals surface area contributed by atoms with Crippen molar-refractivity contribution >= 4 is 5.91 Å². The minimum Gasteiger partial charge on any atom is -0.393 e. The van der Waals surface area contributed by atoms with Gasteiger partial charge in [-0.05, 0) is 25.2 Å². The number of hydrogen-bond acceptors (Lipinski definition) is 2. The monoisotopic (exact) mass is 183 g/mol. The molecule has 0 aromatic heterocycles. The zero-order valence-corrected chi connectivity index (χ0v) is 8.23. The third-order valence-corrected chi connectivity index (χ3v) is 3.41. The third kappa shape index (κ3) is 1.57. The molecule has 0 spiro atoms.